The number of nitrogens with one attached hydrogen (secondary N) is 1. The van der Waals surface area contributed by atoms with E-state index < -0.39 is 0 Å². The molecular weight excluding hydrogens is 196 g/mol. The molecule has 0 fully saturated rings. The topological polar surface area (TPSA) is 17.0 Å². The lowest BCUT2D eigenvalue weighted by atomic mass is 10.1. The molecule has 0 aromatic carbocycles. The van der Waals surface area contributed by atoms with E-state index in [1.54, 1.807) is 0 Å². The summed E-state index contributed by atoms with van der Waals surface area (Å²) in [6.07, 6.45) is 2.29. The molecule has 1 aromatic heterocycles. The molecule has 16 heavy (non-hydrogen) atoms. The van der Waals surface area contributed by atoms with Gasteiger partial charge in [0.25, 0.3) is 0 Å². The molecule has 1 unspecified atom stereocenters. The molecule has 2 nitrogen and oxygen atoms in total. The molecule has 1 atom stereocenters. The van der Waals surface area contributed by atoms with Gasteiger partial charge in [-0.25, -0.2) is 0 Å². The maximum atomic E-state index is 3.43. The molecule has 0 radical (unpaired) electrons. The molecular formula is C14H24N2. The molecule has 0 bridgehead atoms. The average molecular weight is 220 g/mol. The van der Waals surface area contributed by atoms with Crippen molar-refractivity contribution in [2.75, 3.05) is 6.54 Å². The zero-order valence-corrected chi connectivity index (χ0v) is 11.4. The quantitative estimate of drug-likeness (QED) is 0.825. The molecule has 0 aliphatic carbocycles. The molecule has 0 amide bonds. The third-order valence-electron chi connectivity index (χ3n) is 3.39. The van der Waals surface area contributed by atoms with Crippen LogP contribution < -0.4 is 5.32 Å². The Bertz CT molecular complexity index is 386. The fourth-order valence-electron chi connectivity index (χ4n) is 1.87. The first-order valence-electron chi connectivity index (χ1n) is 6.01. The van der Waals surface area contributed by atoms with Crippen molar-refractivity contribution in [3.05, 3.63) is 28.6 Å². The largest absolute Gasteiger partial charge is 0.352 e. The van der Waals surface area contributed by atoms with Crippen LogP contribution in [0.1, 0.15) is 37.7 Å². The third-order valence-corrected chi connectivity index (χ3v) is 3.39. The summed E-state index contributed by atoms with van der Waals surface area (Å²) >= 11 is 0. The molecule has 0 saturated heterocycles. The van der Waals surface area contributed by atoms with Crippen molar-refractivity contribution in [2.24, 2.45) is 7.05 Å². The van der Waals surface area contributed by atoms with Crippen molar-refractivity contribution < 1.29 is 0 Å². The van der Waals surface area contributed by atoms with Crippen molar-refractivity contribution in [3.63, 3.8) is 0 Å². The van der Waals surface area contributed by atoms with Crippen LogP contribution in [0.3, 0.4) is 0 Å². The van der Waals surface area contributed by atoms with Crippen LogP contribution in [0.5, 0.6) is 0 Å². The first kappa shape index (κ1) is 13.0. The fourth-order valence-corrected chi connectivity index (χ4v) is 1.87. The van der Waals surface area contributed by atoms with Crippen LogP contribution in [0.2, 0.25) is 0 Å². The molecule has 1 N–H and O–H groups in total. The summed E-state index contributed by atoms with van der Waals surface area (Å²) in [6, 6.07) is 2.70. The van der Waals surface area contributed by atoms with E-state index >= 15 is 0 Å². The van der Waals surface area contributed by atoms with Gasteiger partial charge in [0.05, 0.1) is 0 Å². The maximum Gasteiger partial charge on any atom is 0.0251 e. The van der Waals surface area contributed by atoms with Gasteiger partial charge >= 0.3 is 0 Å². The normalized spacial score (nSPS) is 14.2. The van der Waals surface area contributed by atoms with E-state index in [9.17, 15) is 0 Å². The second-order valence-corrected chi connectivity index (χ2v) is 4.55. The van der Waals surface area contributed by atoms with E-state index in [4.69, 9.17) is 0 Å². The van der Waals surface area contributed by atoms with Gasteiger partial charge < -0.3 is 9.88 Å². The molecule has 90 valence electrons. The summed E-state index contributed by atoms with van der Waals surface area (Å²) in [6.45, 7) is 11.9. The van der Waals surface area contributed by atoms with Gasteiger partial charge in [0, 0.05) is 24.5 Å². The minimum Gasteiger partial charge on any atom is -0.352 e. The Hall–Kier alpha value is -1.02. The van der Waals surface area contributed by atoms with E-state index in [1.165, 1.54) is 22.5 Å². The lowest BCUT2D eigenvalue weighted by Crippen LogP contribution is -2.26. The Morgan fingerprint density at radius 1 is 1.50 bits per heavy atom. The number of aromatic nitrogens is 1. The van der Waals surface area contributed by atoms with E-state index in [1.807, 2.05) is 0 Å². The van der Waals surface area contributed by atoms with E-state index in [2.05, 4.69) is 63.7 Å². The van der Waals surface area contributed by atoms with Gasteiger partial charge in [0.1, 0.15) is 0 Å². The number of aryl methyl sites for hydroxylation is 1. The number of hydrogen-bond donors (Lipinski definition) is 1. The Labute approximate surface area is 99.4 Å². The highest BCUT2D eigenvalue weighted by Gasteiger charge is 2.06. The molecule has 0 saturated carbocycles. The van der Waals surface area contributed by atoms with Crippen LogP contribution in [-0.4, -0.2) is 17.2 Å². The summed E-state index contributed by atoms with van der Waals surface area (Å²) in [5.41, 5.74) is 5.37. The minimum absolute atomic E-state index is 0.449. The van der Waals surface area contributed by atoms with Crippen LogP contribution in [0.25, 0.3) is 6.08 Å². The first-order valence-corrected chi connectivity index (χ1v) is 6.01. The summed E-state index contributed by atoms with van der Waals surface area (Å²) in [5, 5.41) is 3.43. The van der Waals surface area contributed by atoms with Crippen molar-refractivity contribution in [1.29, 1.82) is 0 Å². The number of nitrogens with zero attached hydrogens (tertiary/aromatic N) is 1. The van der Waals surface area contributed by atoms with Crippen LogP contribution in [0.4, 0.5) is 0 Å². The number of rotatable bonds is 4. The molecule has 0 spiro atoms. The maximum absolute atomic E-state index is 3.43. The number of likely N-dealkylation sites (N-methyl/N-ethyl adjacent to an activating group) is 1. The molecule has 2 heteroatoms. The highest BCUT2D eigenvalue weighted by molar-refractivity contribution is 5.57. The fraction of sp³-hybridized carbons (Fsp3) is 0.571. The molecule has 0 aliphatic rings. The van der Waals surface area contributed by atoms with Crippen molar-refractivity contribution in [3.8, 4) is 0 Å². The molecule has 1 heterocycles. The van der Waals surface area contributed by atoms with Gasteiger partial charge in [-0.05, 0) is 45.9 Å². The lowest BCUT2D eigenvalue weighted by molar-refractivity contribution is 0.636. The predicted octanol–water partition coefficient (Wildman–Crippen LogP) is 3.04. The predicted molar refractivity (Wildman–Crippen MR) is 71.7 cm³/mol. The summed E-state index contributed by atoms with van der Waals surface area (Å²) < 4.78 is 2.23. The van der Waals surface area contributed by atoms with E-state index in [0.717, 1.165) is 6.54 Å². The number of hydrogen-bond acceptors (Lipinski definition) is 1. The second kappa shape index (κ2) is 5.35. The molecule has 0 aliphatic heterocycles. The Kier molecular flexibility index (Phi) is 4.36. The Balaban J connectivity index is 2.93. The zero-order valence-electron chi connectivity index (χ0n) is 11.4. The SMILES string of the molecule is CCNC(C)/C(C)=C/c1cc(C)n(C)c1C. The van der Waals surface area contributed by atoms with Crippen molar-refractivity contribution in [2.45, 2.75) is 40.7 Å². The molecule has 1 rings (SSSR count). The lowest BCUT2D eigenvalue weighted by Gasteiger charge is -2.12. The standard InChI is InChI=1S/C14H24N2/c1-7-15-12(4)10(2)8-14-9-11(3)16(6)13(14)5/h8-9,12,15H,7H2,1-6H3/b10-8+. The highest BCUT2D eigenvalue weighted by Crippen LogP contribution is 2.17. The van der Waals surface area contributed by atoms with Crippen molar-refractivity contribution in [1.82, 2.24) is 9.88 Å². The zero-order chi connectivity index (χ0) is 12.3. The van der Waals surface area contributed by atoms with Crippen molar-refractivity contribution >= 4 is 6.08 Å². The Morgan fingerprint density at radius 2 is 2.12 bits per heavy atom. The van der Waals surface area contributed by atoms with Crippen LogP contribution in [0, 0.1) is 13.8 Å². The van der Waals surface area contributed by atoms with Crippen LogP contribution in [0.15, 0.2) is 11.6 Å². The van der Waals surface area contributed by atoms with Crippen LogP contribution >= 0.6 is 0 Å². The van der Waals surface area contributed by atoms with Gasteiger partial charge in [0.15, 0.2) is 0 Å². The monoisotopic (exact) mass is 220 g/mol. The minimum atomic E-state index is 0.449. The second-order valence-electron chi connectivity index (χ2n) is 4.55. The summed E-state index contributed by atoms with van der Waals surface area (Å²) in [7, 11) is 2.12. The summed E-state index contributed by atoms with van der Waals surface area (Å²) in [4.78, 5) is 0. The van der Waals surface area contributed by atoms with Gasteiger partial charge in [0.2, 0.25) is 0 Å². The van der Waals surface area contributed by atoms with Gasteiger partial charge in [-0.1, -0.05) is 18.6 Å². The van der Waals surface area contributed by atoms with Gasteiger partial charge in [-0.15, -0.1) is 0 Å². The smallest absolute Gasteiger partial charge is 0.0251 e. The van der Waals surface area contributed by atoms with Crippen LogP contribution in [-0.2, 0) is 7.05 Å². The Morgan fingerprint density at radius 3 is 2.56 bits per heavy atom. The van der Waals surface area contributed by atoms with E-state index in [0.29, 0.717) is 6.04 Å². The molecule has 1 aromatic rings. The van der Waals surface area contributed by atoms with Gasteiger partial charge in [-0.2, -0.15) is 0 Å². The van der Waals surface area contributed by atoms with Gasteiger partial charge in [-0.3, -0.25) is 0 Å². The third kappa shape index (κ3) is 2.76. The summed E-state index contributed by atoms with van der Waals surface area (Å²) in [5.74, 6) is 0. The van der Waals surface area contributed by atoms with E-state index in [-0.39, 0.29) is 0 Å². The highest BCUT2D eigenvalue weighted by atomic mass is 14.9. The first-order chi connectivity index (χ1) is 7.47. The average Bonchev–Trinajstić information content (AvgIpc) is 2.47.